The summed E-state index contributed by atoms with van der Waals surface area (Å²) < 4.78 is 5.33. The number of methoxy groups -OCH3 is 1. The van der Waals surface area contributed by atoms with Crippen LogP contribution in [0.4, 0.5) is 4.79 Å². The standard InChI is InChI=1S/C9H17NO2S/c1-12-8-6-4-3-5-7(8)10-9(11)13-2/h7-8H,3-6H2,1-2H3,(H,10,11)/t7-,8+/m0/s1. The number of hydrogen-bond acceptors (Lipinski definition) is 3. The molecule has 76 valence electrons. The van der Waals surface area contributed by atoms with Crippen LogP contribution in [0.1, 0.15) is 25.7 Å². The Hall–Kier alpha value is -0.220. The Labute approximate surface area is 83.6 Å². The molecule has 2 atom stereocenters. The Kier molecular flexibility index (Phi) is 4.59. The van der Waals surface area contributed by atoms with E-state index in [4.69, 9.17) is 4.74 Å². The third kappa shape index (κ3) is 3.19. The summed E-state index contributed by atoms with van der Waals surface area (Å²) in [6.07, 6.45) is 6.52. The van der Waals surface area contributed by atoms with Crippen molar-refractivity contribution in [1.82, 2.24) is 5.32 Å². The Morgan fingerprint density at radius 1 is 1.46 bits per heavy atom. The summed E-state index contributed by atoms with van der Waals surface area (Å²) in [5.74, 6) is 0. The lowest BCUT2D eigenvalue weighted by Gasteiger charge is -2.30. The normalized spacial score (nSPS) is 28.5. The van der Waals surface area contributed by atoms with E-state index in [-0.39, 0.29) is 17.4 Å². The lowest BCUT2D eigenvalue weighted by Crippen LogP contribution is -2.44. The van der Waals surface area contributed by atoms with Crippen LogP contribution in [0, 0.1) is 0 Å². The predicted octanol–water partition coefficient (Wildman–Crippen LogP) is 2.02. The van der Waals surface area contributed by atoms with E-state index in [9.17, 15) is 4.79 Å². The van der Waals surface area contributed by atoms with Gasteiger partial charge in [0.05, 0.1) is 12.1 Å². The van der Waals surface area contributed by atoms with Crippen molar-refractivity contribution in [1.29, 1.82) is 0 Å². The predicted molar refractivity (Wildman–Crippen MR) is 55.1 cm³/mol. The summed E-state index contributed by atoms with van der Waals surface area (Å²) in [5.41, 5.74) is 0. The second-order valence-electron chi connectivity index (χ2n) is 3.30. The van der Waals surface area contributed by atoms with Crippen molar-refractivity contribution in [3.63, 3.8) is 0 Å². The molecule has 0 spiro atoms. The van der Waals surface area contributed by atoms with Gasteiger partial charge < -0.3 is 10.1 Å². The van der Waals surface area contributed by atoms with Crippen molar-refractivity contribution >= 4 is 17.0 Å². The van der Waals surface area contributed by atoms with Crippen molar-refractivity contribution in [2.45, 2.75) is 37.8 Å². The summed E-state index contributed by atoms with van der Waals surface area (Å²) in [7, 11) is 1.72. The number of thioether (sulfide) groups is 1. The number of carbonyl (C=O) groups excluding carboxylic acids is 1. The van der Waals surface area contributed by atoms with Gasteiger partial charge in [-0.05, 0) is 19.1 Å². The maximum absolute atomic E-state index is 11.1. The van der Waals surface area contributed by atoms with Crippen molar-refractivity contribution < 1.29 is 9.53 Å². The highest BCUT2D eigenvalue weighted by molar-refractivity contribution is 8.12. The van der Waals surface area contributed by atoms with Crippen molar-refractivity contribution in [2.24, 2.45) is 0 Å². The molecular formula is C9H17NO2S. The van der Waals surface area contributed by atoms with E-state index < -0.39 is 0 Å². The molecule has 0 bridgehead atoms. The number of nitrogens with one attached hydrogen (secondary N) is 1. The van der Waals surface area contributed by atoms with Crippen LogP contribution in [0.15, 0.2) is 0 Å². The fourth-order valence-electron chi connectivity index (χ4n) is 1.75. The summed E-state index contributed by atoms with van der Waals surface area (Å²) >= 11 is 1.23. The molecule has 0 heterocycles. The summed E-state index contributed by atoms with van der Waals surface area (Å²) in [4.78, 5) is 11.1. The molecule has 13 heavy (non-hydrogen) atoms. The van der Waals surface area contributed by atoms with Crippen LogP contribution in [-0.4, -0.2) is 30.8 Å². The summed E-state index contributed by atoms with van der Waals surface area (Å²) in [6.45, 7) is 0. The molecule has 1 saturated carbocycles. The van der Waals surface area contributed by atoms with Crippen molar-refractivity contribution in [3.8, 4) is 0 Å². The molecule has 0 saturated heterocycles. The smallest absolute Gasteiger partial charge is 0.279 e. The van der Waals surface area contributed by atoms with Crippen molar-refractivity contribution in [3.05, 3.63) is 0 Å². The lowest BCUT2D eigenvalue weighted by molar-refractivity contribution is 0.0465. The van der Waals surface area contributed by atoms with Gasteiger partial charge in [-0.25, -0.2) is 0 Å². The minimum atomic E-state index is 0.0500. The molecule has 0 radical (unpaired) electrons. The second kappa shape index (κ2) is 5.50. The first-order chi connectivity index (χ1) is 6.27. The van der Waals surface area contributed by atoms with Gasteiger partial charge in [0.25, 0.3) is 5.24 Å². The SMILES string of the molecule is CO[C@@H]1CCCC[C@@H]1NC(=O)SC. The van der Waals surface area contributed by atoms with E-state index in [1.54, 1.807) is 13.4 Å². The molecule has 1 aliphatic rings. The molecule has 0 aromatic heterocycles. The van der Waals surface area contributed by atoms with Crippen LogP contribution in [0.25, 0.3) is 0 Å². The lowest BCUT2D eigenvalue weighted by atomic mass is 9.93. The van der Waals surface area contributed by atoms with Crippen LogP contribution in [0.2, 0.25) is 0 Å². The van der Waals surface area contributed by atoms with Crippen LogP contribution >= 0.6 is 11.8 Å². The number of carbonyl (C=O) groups is 1. The fraction of sp³-hybridized carbons (Fsp3) is 0.889. The van der Waals surface area contributed by atoms with Crippen LogP contribution in [-0.2, 0) is 4.74 Å². The van der Waals surface area contributed by atoms with Gasteiger partial charge in [-0.1, -0.05) is 24.6 Å². The van der Waals surface area contributed by atoms with Gasteiger partial charge in [0, 0.05) is 7.11 Å². The Balaban J connectivity index is 2.40. The molecule has 4 heteroatoms. The number of amides is 1. The zero-order chi connectivity index (χ0) is 9.68. The van der Waals surface area contributed by atoms with Gasteiger partial charge in [-0.3, -0.25) is 4.79 Å². The molecule has 3 nitrogen and oxygen atoms in total. The molecule has 1 amide bonds. The van der Waals surface area contributed by atoms with E-state index in [0.29, 0.717) is 0 Å². The maximum atomic E-state index is 11.1. The first-order valence-corrected chi connectivity index (χ1v) is 5.87. The van der Waals surface area contributed by atoms with Crippen LogP contribution in [0.3, 0.4) is 0 Å². The largest absolute Gasteiger partial charge is 0.379 e. The van der Waals surface area contributed by atoms with Crippen LogP contribution < -0.4 is 5.32 Å². The van der Waals surface area contributed by atoms with Gasteiger partial charge in [-0.15, -0.1) is 0 Å². The van der Waals surface area contributed by atoms with E-state index in [2.05, 4.69) is 5.32 Å². The zero-order valence-electron chi connectivity index (χ0n) is 8.21. The van der Waals surface area contributed by atoms with Crippen molar-refractivity contribution in [2.75, 3.05) is 13.4 Å². The third-order valence-electron chi connectivity index (χ3n) is 2.49. The van der Waals surface area contributed by atoms with Crippen LogP contribution in [0.5, 0.6) is 0 Å². The molecule has 1 N–H and O–H groups in total. The van der Waals surface area contributed by atoms with Gasteiger partial charge in [0.2, 0.25) is 0 Å². The second-order valence-corrected chi connectivity index (χ2v) is 4.08. The highest BCUT2D eigenvalue weighted by Crippen LogP contribution is 2.21. The average molecular weight is 203 g/mol. The fourth-order valence-corrected chi connectivity index (χ4v) is 2.02. The molecular weight excluding hydrogens is 186 g/mol. The van der Waals surface area contributed by atoms with Gasteiger partial charge in [0.1, 0.15) is 0 Å². The van der Waals surface area contributed by atoms with E-state index in [1.165, 1.54) is 24.6 Å². The molecule has 0 unspecified atom stereocenters. The van der Waals surface area contributed by atoms with E-state index in [0.717, 1.165) is 12.8 Å². The van der Waals surface area contributed by atoms with Gasteiger partial charge in [0.15, 0.2) is 0 Å². The third-order valence-corrected chi connectivity index (χ3v) is 2.98. The molecule has 1 aliphatic carbocycles. The number of ether oxygens (including phenoxy) is 1. The van der Waals surface area contributed by atoms with Gasteiger partial charge >= 0.3 is 0 Å². The summed E-state index contributed by atoms with van der Waals surface area (Å²) in [5, 5.41) is 3.02. The molecule has 0 aromatic carbocycles. The number of rotatable bonds is 2. The monoisotopic (exact) mass is 203 g/mol. The average Bonchev–Trinajstić information content (AvgIpc) is 2.18. The first kappa shape index (κ1) is 10.9. The van der Waals surface area contributed by atoms with Gasteiger partial charge in [-0.2, -0.15) is 0 Å². The number of hydrogen-bond donors (Lipinski definition) is 1. The van der Waals surface area contributed by atoms with E-state index >= 15 is 0 Å². The Morgan fingerprint density at radius 2 is 2.15 bits per heavy atom. The highest BCUT2D eigenvalue weighted by atomic mass is 32.2. The molecule has 1 rings (SSSR count). The van der Waals surface area contributed by atoms with E-state index in [1.807, 2.05) is 0 Å². The Bertz CT molecular complexity index is 175. The topological polar surface area (TPSA) is 38.3 Å². The summed E-state index contributed by atoms with van der Waals surface area (Å²) in [6, 6.07) is 0.221. The molecule has 0 aromatic rings. The first-order valence-electron chi connectivity index (χ1n) is 4.65. The maximum Gasteiger partial charge on any atom is 0.279 e. The minimum absolute atomic E-state index is 0.0500. The Morgan fingerprint density at radius 3 is 2.77 bits per heavy atom. The highest BCUT2D eigenvalue weighted by Gasteiger charge is 2.25. The molecule has 1 fully saturated rings. The quantitative estimate of drug-likeness (QED) is 0.746. The minimum Gasteiger partial charge on any atom is -0.379 e. The zero-order valence-corrected chi connectivity index (χ0v) is 9.02. The molecule has 0 aliphatic heterocycles.